The molecule has 25 heavy (non-hydrogen) atoms. The lowest BCUT2D eigenvalue weighted by molar-refractivity contribution is 0.0389. The van der Waals surface area contributed by atoms with Gasteiger partial charge < -0.3 is 15.4 Å². The second-order valence-electron chi connectivity index (χ2n) is 7.86. The van der Waals surface area contributed by atoms with Crippen LogP contribution in [-0.4, -0.2) is 87.9 Å². The summed E-state index contributed by atoms with van der Waals surface area (Å²) in [6, 6.07) is 0.574. The fourth-order valence-electron chi connectivity index (χ4n) is 3.73. The third-order valence-corrected chi connectivity index (χ3v) is 5.58. The molecule has 2 fully saturated rings. The van der Waals surface area contributed by atoms with Gasteiger partial charge in [0.1, 0.15) is 0 Å². The predicted octanol–water partition coefficient (Wildman–Crippen LogP) is 1.24. The molecule has 0 aromatic carbocycles. The summed E-state index contributed by atoms with van der Waals surface area (Å²) >= 11 is 0. The molecule has 6 nitrogen and oxygen atoms in total. The van der Waals surface area contributed by atoms with Crippen LogP contribution in [0, 0.1) is 11.8 Å². The first kappa shape index (κ1) is 20.5. The SMILES string of the molecule is CN=C(NCCN1CCOCC1)NCC(C(C)C)N1CCC(C)CC1. The number of rotatable bonds is 7. The summed E-state index contributed by atoms with van der Waals surface area (Å²) in [4.78, 5) is 9.50. The number of piperidine rings is 1. The van der Waals surface area contributed by atoms with E-state index in [0.717, 1.165) is 57.8 Å². The number of likely N-dealkylation sites (tertiary alicyclic amines) is 1. The molecule has 0 radical (unpaired) electrons. The summed E-state index contributed by atoms with van der Waals surface area (Å²) in [6.07, 6.45) is 2.66. The summed E-state index contributed by atoms with van der Waals surface area (Å²) < 4.78 is 5.40. The van der Waals surface area contributed by atoms with E-state index in [9.17, 15) is 0 Å². The van der Waals surface area contributed by atoms with Crippen molar-refractivity contribution in [1.82, 2.24) is 20.4 Å². The van der Waals surface area contributed by atoms with Gasteiger partial charge in [-0.25, -0.2) is 0 Å². The molecule has 1 atom stereocenters. The zero-order chi connectivity index (χ0) is 18.1. The third-order valence-electron chi connectivity index (χ3n) is 5.58. The Morgan fingerprint density at radius 3 is 2.40 bits per heavy atom. The van der Waals surface area contributed by atoms with Crippen LogP contribution in [0.3, 0.4) is 0 Å². The molecule has 0 bridgehead atoms. The largest absolute Gasteiger partial charge is 0.379 e. The molecular weight excluding hydrogens is 314 g/mol. The van der Waals surface area contributed by atoms with Gasteiger partial charge in [-0.3, -0.25) is 14.8 Å². The number of nitrogens with one attached hydrogen (secondary N) is 2. The fraction of sp³-hybridized carbons (Fsp3) is 0.947. The van der Waals surface area contributed by atoms with Gasteiger partial charge in [0, 0.05) is 45.8 Å². The molecule has 2 aliphatic rings. The fourth-order valence-corrected chi connectivity index (χ4v) is 3.73. The van der Waals surface area contributed by atoms with Gasteiger partial charge >= 0.3 is 0 Å². The van der Waals surface area contributed by atoms with Crippen LogP contribution >= 0.6 is 0 Å². The molecule has 0 aliphatic carbocycles. The normalized spacial score (nSPS) is 23.0. The number of guanidine groups is 1. The van der Waals surface area contributed by atoms with Crippen LogP contribution in [0.25, 0.3) is 0 Å². The second kappa shape index (κ2) is 11.0. The van der Waals surface area contributed by atoms with Crippen molar-refractivity contribution in [2.75, 3.05) is 66.1 Å². The van der Waals surface area contributed by atoms with E-state index >= 15 is 0 Å². The average molecular weight is 354 g/mol. The smallest absolute Gasteiger partial charge is 0.191 e. The van der Waals surface area contributed by atoms with Crippen LogP contribution in [0.1, 0.15) is 33.6 Å². The van der Waals surface area contributed by atoms with E-state index in [1.165, 1.54) is 25.9 Å². The molecule has 2 aliphatic heterocycles. The molecule has 0 spiro atoms. The summed E-state index contributed by atoms with van der Waals surface area (Å²) in [6.45, 7) is 16.2. The maximum Gasteiger partial charge on any atom is 0.191 e. The standard InChI is InChI=1S/C19H39N5O/c1-16(2)18(24-8-5-17(3)6-9-24)15-22-19(20-4)21-7-10-23-11-13-25-14-12-23/h16-18H,5-15H2,1-4H3,(H2,20,21,22). The lowest BCUT2D eigenvalue weighted by atomic mass is 9.94. The molecule has 2 rings (SSSR count). The third kappa shape index (κ3) is 7.12. The minimum absolute atomic E-state index is 0.574. The van der Waals surface area contributed by atoms with E-state index in [1.807, 2.05) is 7.05 Å². The Morgan fingerprint density at radius 2 is 1.80 bits per heavy atom. The molecule has 2 heterocycles. The number of hydrogen-bond acceptors (Lipinski definition) is 4. The monoisotopic (exact) mass is 353 g/mol. The van der Waals surface area contributed by atoms with Crippen molar-refractivity contribution < 1.29 is 4.74 Å². The van der Waals surface area contributed by atoms with Crippen molar-refractivity contribution >= 4 is 5.96 Å². The second-order valence-corrected chi connectivity index (χ2v) is 7.86. The van der Waals surface area contributed by atoms with Crippen LogP contribution in [0.2, 0.25) is 0 Å². The first-order valence-corrected chi connectivity index (χ1v) is 10.1. The van der Waals surface area contributed by atoms with E-state index < -0.39 is 0 Å². The van der Waals surface area contributed by atoms with Crippen LogP contribution < -0.4 is 10.6 Å². The number of aliphatic imine (C=N–C) groups is 1. The molecule has 0 saturated carbocycles. The lowest BCUT2D eigenvalue weighted by Gasteiger charge is -2.39. The Hall–Kier alpha value is -0.850. The van der Waals surface area contributed by atoms with Crippen molar-refractivity contribution in [1.29, 1.82) is 0 Å². The van der Waals surface area contributed by atoms with Crippen molar-refractivity contribution in [3.8, 4) is 0 Å². The van der Waals surface area contributed by atoms with Crippen LogP contribution in [0.4, 0.5) is 0 Å². The Balaban J connectivity index is 1.71. The highest BCUT2D eigenvalue weighted by atomic mass is 16.5. The molecule has 2 saturated heterocycles. The zero-order valence-electron chi connectivity index (χ0n) is 16.8. The number of nitrogens with zero attached hydrogens (tertiary/aromatic N) is 3. The number of hydrogen-bond donors (Lipinski definition) is 2. The van der Waals surface area contributed by atoms with Crippen molar-refractivity contribution in [2.24, 2.45) is 16.8 Å². The minimum atomic E-state index is 0.574. The van der Waals surface area contributed by atoms with Crippen LogP contribution in [0.15, 0.2) is 4.99 Å². The van der Waals surface area contributed by atoms with E-state index in [2.05, 4.69) is 46.2 Å². The molecule has 2 N–H and O–H groups in total. The van der Waals surface area contributed by atoms with Crippen molar-refractivity contribution in [3.63, 3.8) is 0 Å². The number of morpholine rings is 1. The summed E-state index contributed by atoms with van der Waals surface area (Å²) in [5.74, 6) is 2.45. The van der Waals surface area contributed by atoms with E-state index in [-0.39, 0.29) is 0 Å². The summed E-state index contributed by atoms with van der Waals surface area (Å²) in [5, 5.41) is 7.01. The molecule has 6 heteroatoms. The van der Waals surface area contributed by atoms with Crippen molar-refractivity contribution in [3.05, 3.63) is 0 Å². The Kier molecular flexibility index (Phi) is 8.99. The highest BCUT2D eigenvalue weighted by molar-refractivity contribution is 5.79. The van der Waals surface area contributed by atoms with Gasteiger partial charge in [0.25, 0.3) is 0 Å². The first-order valence-electron chi connectivity index (χ1n) is 10.1. The Labute approximate surface area is 154 Å². The lowest BCUT2D eigenvalue weighted by Crippen LogP contribution is -2.52. The van der Waals surface area contributed by atoms with E-state index in [1.54, 1.807) is 0 Å². The van der Waals surface area contributed by atoms with Gasteiger partial charge in [-0.1, -0.05) is 20.8 Å². The molecule has 146 valence electrons. The average Bonchev–Trinajstić information content (AvgIpc) is 2.62. The molecular formula is C19H39N5O. The predicted molar refractivity (Wildman–Crippen MR) is 105 cm³/mol. The maximum atomic E-state index is 5.40. The van der Waals surface area contributed by atoms with Gasteiger partial charge in [0.05, 0.1) is 13.2 Å². The minimum Gasteiger partial charge on any atom is -0.379 e. The van der Waals surface area contributed by atoms with Crippen LogP contribution in [-0.2, 0) is 4.74 Å². The van der Waals surface area contributed by atoms with E-state index in [0.29, 0.717) is 12.0 Å². The van der Waals surface area contributed by atoms with Crippen molar-refractivity contribution in [2.45, 2.75) is 39.7 Å². The van der Waals surface area contributed by atoms with Gasteiger partial charge in [-0.2, -0.15) is 0 Å². The molecule has 1 unspecified atom stereocenters. The van der Waals surface area contributed by atoms with Gasteiger partial charge in [0.15, 0.2) is 5.96 Å². The summed E-state index contributed by atoms with van der Waals surface area (Å²) in [5.41, 5.74) is 0. The highest BCUT2D eigenvalue weighted by Gasteiger charge is 2.25. The van der Waals surface area contributed by atoms with E-state index in [4.69, 9.17) is 4.74 Å². The Morgan fingerprint density at radius 1 is 1.12 bits per heavy atom. The maximum absolute atomic E-state index is 5.40. The van der Waals surface area contributed by atoms with Gasteiger partial charge in [-0.15, -0.1) is 0 Å². The first-order chi connectivity index (χ1) is 12.1. The molecule has 0 amide bonds. The highest BCUT2D eigenvalue weighted by Crippen LogP contribution is 2.20. The molecule has 0 aromatic rings. The van der Waals surface area contributed by atoms with Gasteiger partial charge in [-0.05, 0) is 37.8 Å². The zero-order valence-corrected chi connectivity index (χ0v) is 16.8. The quantitative estimate of drug-likeness (QED) is 0.533. The van der Waals surface area contributed by atoms with Crippen LogP contribution in [0.5, 0.6) is 0 Å². The molecule has 0 aromatic heterocycles. The topological polar surface area (TPSA) is 52.1 Å². The summed E-state index contributed by atoms with van der Waals surface area (Å²) in [7, 11) is 1.86. The van der Waals surface area contributed by atoms with Gasteiger partial charge in [0.2, 0.25) is 0 Å². The Bertz CT molecular complexity index is 387. The number of ether oxygens (including phenoxy) is 1.